The molecule has 0 radical (unpaired) electrons. The second-order valence-electron chi connectivity index (χ2n) is 12.7. The monoisotopic (exact) mass is 638 g/mol. The number of hydrogen-bond donors (Lipinski definition) is 0. The molecular formula is C41H51ClN2O2. The number of piperidine rings is 1. The summed E-state index contributed by atoms with van der Waals surface area (Å²) < 4.78 is 11.2. The van der Waals surface area contributed by atoms with Crippen molar-refractivity contribution in [2.24, 2.45) is 0 Å². The predicted octanol–water partition coefficient (Wildman–Crippen LogP) is 10.5. The van der Waals surface area contributed by atoms with Crippen molar-refractivity contribution in [2.75, 3.05) is 33.9 Å². The van der Waals surface area contributed by atoms with Crippen molar-refractivity contribution >= 4 is 30.1 Å². The molecule has 4 nitrogen and oxygen atoms in total. The molecule has 244 valence electrons. The number of methoxy groups -OCH3 is 2. The van der Waals surface area contributed by atoms with Crippen LogP contribution in [0.1, 0.15) is 105 Å². The van der Waals surface area contributed by atoms with E-state index < -0.39 is 5.41 Å². The quantitative estimate of drug-likeness (QED) is 0.129. The molecule has 0 saturated carbocycles. The number of halogens is 1. The zero-order chi connectivity index (χ0) is 31.5. The summed E-state index contributed by atoms with van der Waals surface area (Å²) in [5.74, 6) is 1.41. The lowest BCUT2D eigenvalue weighted by Crippen LogP contribution is -2.33. The molecule has 3 aromatic rings. The van der Waals surface area contributed by atoms with Crippen LogP contribution in [0.5, 0.6) is 11.5 Å². The van der Waals surface area contributed by atoms with Crippen LogP contribution >= 0.6 is 12.4 Å². The molecule has 2 aliphatic rings. The van der Waals surface area contributed by atoms with Crippen LogP contribution in [0.4, 0.5) is 0 Å². The topological polar surface area (TPSA) is 45.5 Å². The Labute approximate surface area is 283 Å². The Balaban J connectivity index is 0.00000480. The number of unbranched alkanes of at least 4 members (excludes halogenated alkanes) is 5. The first-order valence-electron chi connectivity index (χ1n) is 17.1. The standard InChI is InChI=1S/C41H50N2O2.ClH/c1-4-5-6-7-8-13-25-41(31-42,35-21-22-38(44-2)39(30-35)45-3)26-14-27-43-28-23-34(24-29-43)40-36-17-11-9-15-32(36)19-20-33-16-10-12-18-37(33)40;/h9-12,15-22,30H,4-8,13-14,23-29H2,1-3H3;1H. The van der Waals surface area contributed by atoms with Crippen LogP contribution in [0.3, 0.4) is 0 Å². The lowest BCUT2D eigenvalue weighted by molar-refractivity contribution is 0.243. The zero-order valence-electron chi connectivity index (χ0n) is 28.0. The van der Waals surface area contributed by atoms with Gasteiger partial charge < -0.3 is 14.4 Å². The average Bonchev–Trinajstić information content (AvgIpc) is 3.26. The molecule has 0 amide bonds. The molecule has 0 bridgehead atoms. The molecule has 1 aliphatic heterocycles. The number of fused-ring (bicyclic) bond motifs is 2. The summed E-state index contributed by atoms with van der Waals surface area (Å²) in [5.41, 5.74) is 8.83. The van der Waals surface area contributed by atoms with Crippen molar-refractivity contribution in [1.82, 2.24) is 4.90 Å². The maximum absolute atomic E-state index is 10.7. The highest BCUT2D eigenvalue weighted by molar-refractivity contribution is 5.94. The number of nitrogens with zero attached hydrogens (tertiary/aromatic N) is 2. The van der Waals surface area contributed by atoms with Crippen LogP contribution < -0.4 is 9.47 Å². The van der Waals surface area contributed by atoms with Gasteiger partial charge >= 0.3 is 0 Å². The van der Waals surface area contributed by atoms with Gasteiger partial charge in [-0.3, -0.25) is 0 Å². The van der Waals surface area contributed by atoms with Gasteiger partial charge in [-0.2, -0.15) is 5.26 Å². The van der Waals surface area contributed by atoms with Crippen LogP contribution in [-0.2, 0) is 5.41 Å². The number of hydrogen-bond acceptors (Lipinski definition) is 4. The number of rotatable bonds is 14. The van der Waals surface area contributed by atoms with E-state index in [1.54, 1.807) is 19.8 Å². The molecule has 1 atom stereocenters. The molecule has 1 unspecified atom stereocenters. The lowest BCUT2D eigenvalue weighted by Gasteiger charge is -2.32. The lowest BCUT2D eigenvalue weighted by atomic mass is 9.74. The van der Waals surface area contributed by atoms with Crippen LogP contribution in [0.25, 0.3) is 17.7 Å². The third-order valence-corrected chi connectivity index (χ3v) is 9.90. The van der Waals surface area contributed by atoms with Gasteiger partial charge in [0.25, 0.3) is 0 Å². The first-order chi connectivity index (χ1) is 22.1. The van der Waals surface area contributed by atoms with Gasteiger partial charge in [-0.15, -0.1) is 12.4 Å². The van der Waals surface area contributed by atoms with E-state index in [1.807, 2.05) is 12.1 Å². The molecule has 0 N–H and O–H groups in total. The minimum absolute atomic E-state index is 0. The Bertz CT molecular complexity index is 1480. The van der Waals surface area contributed by atoms with Crippen molar-refractivity contribution in [3.63, 3.8) is 0 Å². The third-order valence-electron chi connectivity index (χ3n) is 9.90. The average molecular weight is 639 g/mol. The fraction of sp³-hybridized carbons (Fsp3) is 0.439. The largest absolute Gasteiger partial charge is 0.493 e. The van der Waals surface area contributed by atoms with Crippen molar-refractivity contribution in [3.8, 4) is 17.6 Å². The Morgan fingerprint density at radius 2 is 1.33 bits per heavy atom. The summed E-state index contributed by atoms with van der Waals surface area (Å²) in [6.45, 7) is 5.39. The van der Waals surface area contributed by atoms with Gasteiger partial charge in [-0.05, 0) is 84.2 Å². The van der Waals surface area contributed by atoms with Crippen LogP contribution in [0.2, 0.25) is 0 Å². The molecule has 0 spiro atoms. The van der Waals surface area contributed by atoms with E-state index in [9.17, 15) is 5.26 Å². The van der Waals surface area contributed by atoms with Crippen molar-refractivity contribution < 1.29 is 9.47 Å². The molecule has 1 heterocycles. The first kappa shape index (κ1) is 35.3. The molecule has 1 aliphatic carbocycles. The maximum atomic E-state index is 10.7. The minimum Gasteiger partial charge on any atom is -0.493 e. The Morgan fingerprint density at radius 1 is 0.739 bits per heavy atom. The summed E-state index contributed by atoms with van der Waals surface area (Å²) in [5, 5.41) is 10.7. The van der Waals surface area contributed by atoms with E-state index in [2.05, 4.69) is 84.6 Å². The summed E-state index contributed by atoms with van der Waals surface area (Å²) in [6.07, 6.45) is 16.8. The second-order valence-corrected chi connectivity index (χ2v) is 12.7. The van der Waals surface area contributed by atoms with E-state index in [0.717, 1.165) is 63.7 Å². The second kappa shape index (κ2) is 17.4. The fourth-order valence-corrected chi connectivity index (χ4v) is 7.28. The number of nitriles is 1. The molecule has 3 aromatic carbocycles. The van der Waals surface area contributed by atoms with Gasteiger partial charge in [-0.1, -0.05) is 118 Å². The van der Waals surface area contributed by atoms with Crippen molar-refractivity contribution in [1.29, 1.82) is 5.26 Å². The molecule has 5 heteroatoms. The molecule has 5 rings (SSSR count). The van der Waals surface area contributed by atoms with Gasteiger partial charge in [0, 0.05) is 13.1 Å². The van der Waals surface area contributed by atoms with Crippen molar-refractivity contribution in [3.05, 3.63) is 100 Å². The number of benzene rings is 3. The first-order valence-corrected chi connectivity index (χ1v) is 17.1. The Morgan fingerprint density at radius 3 is 1.93 bits per heavy atom. The highest BCUT2D eigenvalue weighted by Crippen LogP contribution is 2.41. The maximum Gasteiger partial charge on any atom is 0.161 e. The smallest absolute Gasteiger partial charge is 0.161 e. The summed E-state index contributed by atoms with van der Waals surface area (Å²) in [4.78, 5) is 2.61. The normalized spacial score (nSPS) is 15.5. The molecule has 1 saturated heterocycles. The van der Waals surface area contributed by atoms with Crippen LogP contribution in [0.15, 0.2) is 72.3 Å². The predicted molar refractivity (Wildman–Crippen MR) is 195 cm³/mol. The van der Waals surface area contributed by atoms with E-state index in [-0.39, 0.29) is 12.4 Å². The fourth-order valence-electron chi connectivity index (χ4n) is 7.28. The van der Waals surface area contributed by atoms with Gasteiger partial charge in [0.1, 0.15) is 0 Å². The number of ether oxygens (including phenoxy) is 2. The van der Waals surface area contributed by atoms with E-state index in [4.69, 9.17) is 9.47 Å². The number of likely N-dealkylation sites (tertiary alicyclic amines) is 1. The van der Waals surface area contributed by atoms with E-state index in [0.29, 0.717) is 11.5 Å². The highest BCUT2D eigenvalue weighted by Gasteiger charge is 2.33. The zero-order valence-corrected chi connectivity index (χ0v) is 28.8. The minimum atomic E-state index is -0.520. The van der Waals surface area contributed by atoms with E-state index in [1.165, 1.54) is 59.9 Å². The SMILES string of the molecule is CCCCCCCCC(C#N)(CCCN1CCC(=C2c3ccccc3C=Cc3ccccc32)CC1)c1ccc(OC)c(OC)c1.Cl. The summed E-state index contributed by atoms with van der Waals surface area (Å²) in [7, 11) is 3.34. The molecule has 1 fully saturated rings. The van der Waals surface area contributed by atoms with Gasteiger partial charge in [0.2, 0.25) is 0 Å². The molecule has 0 aromatic heterocycles. The summed E-state index contributed by atoms with van der Waals surface area (Å²) >= 11 is 0. The van der Waals surface area contributed by atoms with Gasteiger partial charge in [-0.25, -0.2) is 0 Å². The van der Waals surface area contributed by atoms with Crippen LogP contribution in [-0.4, -0.2) is 38.8 Å². The van der Waals surface area contributed by atoms with Crippen LogP contribution in [0, 0.1) is 11.3 Å². The Hall–Kier alpha value is -3.52. The molecule has 46 heavy (non-hydrogen) atoms. The summed E-state index contributed by atoms with van der Waals surface area (Å²) in [6, 6.07) is 26.5. The van der Waals surface area contributed by atoms with Gasteiger partial charge in [0.05, 0.1) is 25.7 Å². The van der Waals surface area contributed by atoms with Gasteiger partial charge in [0.15, 0.2) is 11.5 Å². The molecular weight excluding hydrogens is 588 g/mol. The van der Waals surface area contributed by atoms with Crippen molar-refractivity contribution in [2.45, 2.75) is 83.0 Å². The van der Waals surface area contributed by atoms with E-state index >= 15 is 0 Å². The third kappa shape index (κ3) is 8.24. The highest BCUT2D eigenvalue weighted by atomic mass is 35.5. The Kier molecular flexibility index (Phi) is 13.4.